The fraction of sp³-hybridized carbons (Fsp3) is 0.909. The van der Waals surface area contributed by atoms with Gasteiger partial charge in [-0.3, -0.25) is 0 Å². The van der Waals surface area contributed by atoms with Gasteiger partial charge in [0.2, 0.25) is 8.32 Å². The Morgan fingerprint density at radius 1 is 0.885 bits per heavy atom. The number of hydrogen-bond donors (Lipinski definition) is 0. The Kier molecular flexibility index (Phi) is 10.1. The average Bonchev–Trinajstić information content (AvgIpc) is 2.47. The molecule has 0 bridgehead atoms. The zero-order valence-corrected chi connectivity index (χ0v) is 21.9. The second-order valence-corrected chi connectivity index (χ2v) is 20.7. The van der Waals surface area contributed by atoms with Crippen LogP contribution in [0.15, 0.2) is 12.7 Å². The molecule has 0 saturated carbocycles. The molecule has 0 aliphatic rings. The van der Waals surface area contributed by atoms with Crippen molar-refractivity contribution in [1.29, 1.82) is 0 Å². The minimum Gasteiger partial charge on any atom is -0.417 e. The van der Waals surface area contributed by atoms with Gasteiger partial charge in [-0.05, 0) is 47.1 Å². The second kappa shape index (κ2) is 10.0. The van der Waals surface area contributed by atoms with Gasteiger partial charge in [0.1, 0.15) is 0 Å². The summed E-state index contributed by atoms with van der Waals surface area (Å²) in [5.74, 6) is 0.348. The summed E-state index contributed by atoms with van der Waals surface area (Å²) in [7, 11) is -3.61. The highest BCUT2D eigenvalue weighted by molar-refractivity contribution is 6.77. The highest BCUT2D eigenvalue weighted by Crippen LogP contribution is 2.44. The van der Waals surface area contributed by atoms with Gasteiger partial charge in [0.25, 0.3) is 0 Å². The van der Waals surface area contributed by atoms with Crippen LogP contribution >= 0.6 is 0 Å². The topological polar surface area (TPSA) is 18.5 Å². The van der Waals surface area contributed by atoms with Crippen molar-refractivity contribution in [3.63, 3.8) is 0 Å². The zero-order valence-electron chi connectivity index (χ0n) is 19.9. The smallest absolute Gasteiger partial charge is 0.200 e. The second-order valence-electron chi connectivity index (χ2n) is 10.5. The minimum atomic E-state index is -1.89. The lowest BCUT2D eigenvalue weighted by molar-refractivity contribution is 0.108. The summed E-state index contributed by atoms with van der Waals surface area (Å²) in [5, 5.41) is 0.250. The lowest BCUT2D eigenvalue weighted by Crippen LogP contribution is -2.51. The normalized spacial score (nSPS) is 16.4. The third-order valence-corrected chi connectivity index (χ3v) is 17.4. The summed E-state index contributed by atoms with van der Waals surface area (Å²) < 4.78 is 13.5. The van der Waals surface area contributed by atoms with E-state index in [4.69, 9.17) is 8.85 Å². The SMILES string of the molecule is C=C[C@H](C)[C@@H](CCO[Si](C)(C)C(C)(C)C)O[Si](C(C)C)(C(C)C)C(C)C. The zero-order chi connectivity index (χ0) is 20.9. The summed E-state index contributed by atoms with van der Waals surface area (Å²) in [4.78, 5) is 0. The molecular formula is C22H48O2Si2. The monoisotopic (exact) mass is 400 g/mol. The summed E-state index contributed by atoms with van der Waals surface area (Å²) in [6.45, 7) is 32.8. The number of rotatable bonds is 11. The van der Waals surface area contributed by atoms with E-state index in [9.17, 15) is 0 Å². The molecule has 0 aromatic carbocycles. The van der Waals surface area contributed by atoms with Crippen LogP contribution in [0.4, 0.5) is 0 Å². The molecule has 0 spiro atoms. The van der Waals surface area contributed by atoms with Crippen molar-refractivity contribution in [2.45, 2.75) is 117 Å². The van der Waals surface area contributed by atoms with Crippen LogP contribution in [-0.4, -0.2) is 29.3 Å². The van der Waals surface area contributed by atoms with Crippen LogP contribution in [0, 0.1) is 5.92 Å². The van der Waals surface area contributed by atoms with E-state index in [1.54, 1.807) is 0 Å². The summed E-state index contributed by atoms with van der Waals surface area (Å²) in [6.07, 6.45) is 3.22. The molecule has 0 aromatic rings. The van der Waals surface area contributed by atoms with E-state index < -0.39 is 16.6 Å². The standard InChI is InChI=1S/C22H48O2Si2/c1-14-20(8)21(15-16-23-25(12,13)22(9,10)11)24-26(17(2)3,18(4)5)19(6)7/h14,17-21H,1,15-16H2,2-13H3/t20-,21+/m0/s1. The Morgan fingerprint density at radius 3 is 1.62 bits per heavy atom. The van der Waals surface area contributed by atoms with Gasteiger partial charge in [-0.1, -0.05) is 75.3 Å². The first-order valence-electron chi connectivity index (χ1n) is 10.6. The molecule has 0 amide bonds. The van der Waals surface area contributed by atoms with Crippen molar-refractivity contribution in [3.8, 4) is 0 Å². The van der Waals surface area contributed by atoms with Gasteiger partial charge in [-0.15, -0.1) is 6.58 Å². The van der Waals surface area contributed by atoms with Crippen molar-refractivity contribution in [2.75, 3.05) is 6.61 Å². The molecule has 2 nitrogen and oxygen atoms in total. The number of hydrogen-bond acceptors (Lipinski definition) is 2. The summed E-state index contributed by atoms with van der Waals surface area (Å²) in [6, 6.07) is 0. The van der Waals surface area contributed by atoms with Crippen LogP contribution in [-0.2, 0) is 8.85 Å². The first-order valence-corrected chi connectivity index (χ1v) is 15.6. The lowest BCUT2D eigenvalue weighted by Gasteiger charge is -2.46. The van der Waals surface area contributed by atoms with E-state index in [1.165, 1.54) is 0 Å². The van der Waals surface area contributed by atoms with E-state index in [0.29, 0.717) is 22.5 Å². The summed E-state index contributed by atoms with van der Waals surface area (Å²) >= 11 is 0. The predicted molar refractivity (Wildman–Crippen MR) is 123 cm³/mol. The van der Waals surface area contributed by atoms with Crippen LogP contribution in [0.3, 0.4) is 0 Å². The van der Waals surface area contributed by atoms with Crippen molar-refractivity contribution < 1.29 is 8.85 Å². The quantitative estimate of drug-likeness (QED) is 0.260. The third-order valence-electron chi connectivity index (χ3n) is 6.69. The molecule has 0 unspecified atom stereocenters. The van der Waals surface area contributed by atoms with Gasteiger partial charge in [0, 0.05) is 6.61 Å². The maximum absolute atomic E-state index is 7.08. The van der Waals surface area contributed by atoms with Crippen LogP contribution in [0.5, 0.6) is 0 Å². The molecule has 0 rings (SSSR count). The fourth-order valence-electron chi connectivity index (χ4n) is 3.90. The average molecular weight is 401 g/mol. The molecule has 0 aliphatic heterocycles. The molecule has 26 heavy (non-hydrogen) atoms. The maximum atomic E-state index is 7.08. The molecule has 0 aromatic heterocycles. The van der Waals surface area contributed by atoms with Gasteiger partial charge in [0.15, 0.2) is 8.32 Å². The Bertz CT molecular complexity index is 401. The first-order chi connectivity index (χ1) is 11.6. The Hall–Kier alpha value is 0.0938. The van der Waals surface area contributed by atoms with Gasteiger partial charge in [-0.25, -0.2) is 0 Å². The Labute approximate surface area is 167 Å². The Morgan fingerprint density at radius 2 is 1.31 bits per heavy atom. The molecule has 0 saturated heterocycles. The highest BCUT2D eigenvalue weighted by atomic mass is 28.4. The fourth-order valence-corrected chi connectivity index (χ4v) is 10.6. The molecule has 2 atom stereocenters. The van der Waals surface area contributed by atoms with Crippen LogP contribution in [0.1, 0.15) is 75.7 Å². The molecule has 0 aliphatic carbocycles. The van der Waals surface area contributed by atoms with Gasteiger partial charge in [-0.2, -0.15) is 0 Å². The van der Waals surface area contributed by atoms with Crippen molar-refractivity contribution in [1.82, 2.24) is 0 Å². The van der Waals surface area contributed by atoms with E-state index in [2.05, 4.69) is 95.0 Å². The molecule has 0 radical (unpaired) electrons. The van der Waals surface area contributed by atoms with Crippen LogP contribution in [0.2, 0.25) is 34.8 Å². The van der Waals surface area contributed by atoms with E-state index in [-0.39, 0.29) is 11.1 Å². The Balaban J connectivity index is 5.36. The van der Waals surface area contributed by atoms with Crippen molar-refractivity contribution in [2.24, 2.45) is 5.92 Å². The molecular weight excluding hydrogens is 352 g/mol. The maximum Gasteiger partial charge on any atom is 0.200 e. The first kappa shape index (κ1) is 26.1. The summed E-state index contributed by atoms with van der Waals surface area (Å²) in [5.41, 5.74) is 1.80. The molecule has 156 valence electrons. The molecule has 0 N–H and O–H groups in total. The van der Waals surface area contributed by atoms with E-state index in [1.807, 2.05) is 0 Å². The van der Waals surface area contributed by atoms with E-state index in [0.717, 1.165) is 13.0 Å². The van der Waals surface area contributed by atoms with Crippen molar-refractivity contribution >= 4 is 16.6 Å². The predicted octanol–water partition coefficient (Wildman–Crippen LogP) is 7.78. The minimum absolute atomic E-state index is 0.205. The van der Waals surface area contributed by atoms with Gasteiger partial charge in [0.05, 0.1) is 6.10 Å². The van der Waals surface area contributed by atoms with Crippen molar-refractivity contribution in [3.05, 3.63) is 12.7 Å². The molecule has 0 fully saturated rings. The van der Waals surface area contributed by atoms with Crippen LogP contribution < -0.4 is 0 Å². The van der Waals surface area contributed by atoms with Gasteiger partial charge >= 0.3 is 0 Å². The van der Waals surface area contributed by atoms with E-state index >= 15 is 0 Å². The largest absolute Gasteiger partial charge is 0.417 e. The third kappa shape index (κ3) is 6.32. The lowest BCUT2D eigenvalue weighted by atomic mass is 10.0. The molecule has 4 heteroatoms. The van der Waals surface area contributed by atoms with Gasteiger partial charge < -0.3 is 8.85 Å². The molecule has 0 heterocycles. The highest BCUT2D eigenvalue weighted by Gasteiger charge is 2.47. The van der Waals surface area contributed by atoms with Crippen LogP contribution in [0.25, 0.3) is 0 Å².